The van der Waals surface area contributed by atoms with Crippen molar-refractivity contribution in [2.75, 3.05) is 18.0 Å². The molecule has 1 saturated carbocycles. The lowest BCUT2D eigenvalue weighted by Crippen LogP contribution is -2.45. The first kappa shape index (κ1) is 18.3. The highest BCUT2D eigenvalue weighted by atomic mass is 19.1. The number of Topliss-reactive ketones (excluding diaryl/α,β-unsaturated/α-hetero) is 1. The van der Waals surface area contributed by atoms with Gasteiger partial charge in [-0.1, -0.05) is 6.42 Å². The van der Waals surface area contributed by atoms with Crippen LogP contribution in [0.5, 0.6) is 0 Å². The molecule has 1 aromatic heterocycles. The molecule has 3 N–H and O–H groups in total. The fraction of sp³-hybridized carbons (Fsp3) is 0.476. The van der Waals surface area contributed by atoms with Crippen molar-refractivity contribution in [2.24, 2.45) is 11.1 Å². The fourth-order valence-corrected chi connectivity index (χ4v) is 5.34. The number of carbonyl (C=O) groups is 2. The molecule has 2 aromatic rings. The van der Waals surface area contributed by atoms with Crippen LogP contribution in [0.15, 0.2) is 17.1 Å². The Morgan fingerprint density at radius 1 is 1.34 bits per heavy atom. The number of halogens is 1. The zero-order valence-electron chi connectivity index (χ0n) is 16.1. The fourth-order valence-electron chi connectivity index (χ4n) is 5.34. The van der Waals surface area contributed by atoms with Crippen molar-refractivity contribution in [1.82, 2.24) is 4.57 Å². The van der Waals surface area contributed by atoms with Crippen LogP contribution in [-0.2, 0) is 0 Å². The molecule has 152 valence electrons. The number of anilines is 1. The average molecular weight is 399 g/mol. The number of carboxylic acid groups (broad SMARTS) is 1. The molecule has 3 aliphatic rings. The Morgan fingerprint density at radius 2 is 2.07 bits per heavy atom. The summed E-state index contributed by atoms with van der Waals surface area (Å²) in [7, 11) is 0. The van der Waals surface area contributed by atoms with E-state index in [-0.39, 0.29) is 46.3 Å². The number of nitrogens with two attached hydrogens (primary N) is 1. The number of ketones is 1. The van der Waals surface area contributed by atoms with Crippen molar-refractivity contribution < 1.29 is 19.1 Å². The van der Waals surface area contributed by atoms with Crippen LogP contribution < -0.4 is 16.1 Å². The molecule has 3 heterocycles. The summed E-state index contributed by atoms with van der Waals surface area (Å²) in [6.07, 6.45) is 4.48. The van der Waals surface area contributed by atoms with Crippen molar-refractivity contribution >= 4 is 28.3 Å². The largest absolute Gasteiger partial charge is 0.477 e. The lowest BCUT2D eigenvalue weighted by atomic mass is 9.66. The highest BCUT2D eigenvalue weighted by Gasteiger charge is 2.50. The molecule has 8 heteroatoms. The maximum absolute atomic E-state index is 15.3. The number of pyridine rings is 1. The van der Waals surface area contributed by atoms with Gasteiger partial charge in [0.1, 0.15) is 11.4 Å². The van der Waals surface area contributed by atoms with E-state index < -0.39 is 22.8 Å². The maximum Gasteiger partial charge on any atom is 0.341 e. The summed E-state index contributed by atoms with van der Waals surface area (Å²) < 4.78 is 17.0. The number of hydrogen-bond donors (Lipinski definition) is 2. The Kier molecular flexibility index (Phi) is 3.71. The normalized spacial score (nSPS) is 24.9. The summed E-state index contributed by atoms with van der Waals surface area (Å²) in [5.41, 5.74) is 5.83. The van der Waals surface area contributed by atoms with Gasteiger partial charge >= 0.3 is 5.97 Å². The van der Waals surface area contributed by atoms with E-state index in [9.17, 15) is 19.5 Å². The quantitative estimate of drug-likeness (QED) is 0.803. The third-order valence-electron chi connectivity index (χ3n) is 7.08. The summed E-state index contributed by atoms with van der Waals surface area (Å²) >= 11 is 0. The summed E-state index contributed by atoms with van der Waals surface area (Å²) in [6, 6.07) is 0.670. The Labute approximate surface area is 165 Å². The molecule has 7 nitrogen and oxygen atoms in total. The van der Waals surface area contributed by atoms with Crippen LogP contribution in [0.3, 0.4) is 0 Å². The van der Waals surface area contributed by atoms with Gasteiger partial charge in [0.05, 0.1) is 22.2 Å². The number of aromatic nitrogens is 1. The molecule has 1 spiro atoms. The Bertz CT molecular complexity index is 1150. The Morgan fingerprint density at radius 3 is 2.66 bits per heavy atom. The van der Waals surface area contributed by atoms with E-state index in [1.54, 1.807) is 11.5 Å². The van der Waals surface area contributed by atoms with Gasteiger partial charge in [-0.25, -0.2) is 9.18 Å². The predicted octanol–water partition coefficient (Wildman–Crippen LogP) is 2.30. The van der Waals surface area contributed by atoms with E-state index in [0.717, 1.165) is 25.3 Å². The maximum atomic E-state index is 15.3. The molecule has 1 aromatic carbocycles. The summed E-state index contributed by atoms with van der Waals surface area (Å²) in [5.74, 6) is -2.28. The van der Waals surface area contributed by atoms with Gasteiger partial charge in [-0.3, -0.25) is 9.59 Å². The lowest BCUT2D eigenvalue weighted by molar-refractivity contribution is 0.0694. The van der Waals surface area contributed by atoms with Gasteiger partial charge in [-0.15, -0.1) is 0 Å². The molecular formula is C21H22FN3O4. The van der Waals surface area contributed by atoms with Crippen LogP contribution in [0.1, 0.15) is 59.4 Å². The number of benzene rings is 1. The van der Waals surface area contributed by atoms with Gasteiger partial charge in [0, 0.05) is 43.2 Å². The number of carbonyl (C=O) groups excluding carboxylic acids is 1. The molecule has 2 atom stereocenters. The van der Waals surface area contributed by atoms with Crippen LogP contribution in [0.4, 0.5) is 10.1 Å². The Balaban J connectivity index is 1.80. The van der Waals surface area contributed by atoms with Gasteiger partial charge in [0.25, 0.3) is 0 Å². The number of nitrogens with zero attached hydrogens (tertiary/aromatic N) is 2. The van der Waals surface area contributed by atoms with Crippen molar-refractivity contribution in [3.63, 3.8) is 0 Å². The number of carboxylic acids is 1. The molecule has 2 unspecified atom stereocenters. The van der Waals surface area contributed by atoms with Gasteiger partial charge in [-0.05, 0) is 25.8 Å². The van der Waals surface area contributed by atoms with E-state index in [1.165, 1.54) is 6.20 Å². The smallest absolute Gasteiger partial charge is 0.341 e. The highest BCUT2D eigenvalue weighted by molar-refractivity contribution is 6.13. The molecule has 0 amide bonds. The second kappa shape index (κ2) is 5.89. The molecule has 5 rings (SSSR count). The SMILES string of the molecule is CC1CC(=O)c2c(N3CC(N)C4(CCC4)C3)c(F)cc3c(=O)c(C(=O)O)cn1c23. The first-order valence-electron chi connectivity index (χ1n) is 9.92. The molecule has 0 bridgehead atoms. The first-order valence-corrected chi connectivity index (χ1v) is 9.92. The zero-order chi connectivity index (χ0) is 20.7. The number of rotatable bonds is 2. The van der Waals surface area contributed by atoms with Crippen LogP contribution in [0.25, 0.3) is 10.9 Å². The van der Waals surface area contributed by atoms with E-state index in [0.29, 0.717) is 18.6 Å². The molecular weight excluding hydrogens is 377 g/mol. The second-order valence-corrected chi connectivity index (χ2v) is 8.74. The van der Waals surface area contributed by atoms with E-state index >= 15 is 4.39 Å². The highest BCUT2D eigenvalue weighted by Crippen LogP contribution is 2.50. The van der Waals surface area contributed by atoms with Crippen LogP contribution in [0, 0.1) is 11.2 Å². The van der Waals surface area contributed by atoms with Crippen molar-refractivity contribution in [3.8, 4) is 0 Å². The number of aromatic carboxylic acids is 1. The van der Waals surface area contributed by atoms with Crippen LogP contribution >= 0.6 is 0 Å². The summed E-state index contributed by atoms with van der Waals surface area (Å²) in [4.78, 5) is 39.1. The molecule has 29 heavy (non-hydrogen) atoms. The van der Waals surface area contributed by atoms with Crippen LogP contribution in [-0.4, -0.2) is 40.6 Å². The van der Waals surface area contributed by atoms with E-state index in [2.05, 4.69) is 0 Å². The second-order valence-electron chi connectivity index (χ2n) is 8.74. The zero-order valence-corrected chi connectivity index (χ0v) is 16.1. The molecule has 0 radical (unpaired) electrons. The van der Waals surface area contributed by atoms with Gasteiger partial charge in [0.2, 0.25) is 5.43 Å². The monoisotopic (exact) mass is 399 g/mol. The standard InChI is InChI=1S/C21H22FN3O4/c1-10-5-14(26)16-17-11(19(27)12(20(28)29)7-25(10)17)6-13(22)18(16)24-8-15(23)21(9-24)3-2-4-21/h6-7,10,15H,2-5,8-9,23H2,1H3,(H,28,29). The third kappa shape index (κ3) is 2.35. The third-order valence-corrected chi connectivity index (χ3v) is 7.08. The molecule has 2 aliphatic heterocycles. The van der Waals surface area contributed by atoms with Crippen LogP contribution in [0.2, 0.25) is 0 Å². The molecule has 2 fully saturated rings. The molecule has 1 saturated heterocycles. The van der Waals surface area contributed by atoms with Gasteiger partial charge in [-0.2, -0.15) is 0 Å². The van der Waals surface area contributed by atoms with E-state index in [1.807, 2.05) is 4.90 Å². The van der Waals surface area contributed by atoms with Crippen molar-refractivity contribution in [1.29, 1.82) is 0 Å². The minimum absolute atomic E-state index is 0.0358. The van der Waals surface area contributed by atoms with Gasteiger partial charge < -0.3 is 20.3 Å². The average Bonchev–Trinajstić information content (AvgIpc) is 2.97. The topological polar surface area (TPSA) is 106 Å². The first-order chi connectivity index (χ1) is 13.7. The summed E-state index contributed by atoms with van der Waals surface area (Å²) in [5, 5.41) is 9.32. The lowest BCUT2D eigenvalue weighted by Gasteiger charge is -2.41. The van der Waals surface area contributed by atoms with Crippen molar-refractivity contribution in [3.05, 3.63) is 39.4 Å². The predicted molar refractivity (Wildman–Crippen MR) is 105 cm³/mol. The van der Waals surface area contributed by atoms with E-state index in [4.69, 9.17) is 5.73 Å². The summed E-state index contributed by atoms with van der Waals surface area (Å²) in [6.45, 7) is 2.83. The minimum Gasteiger partial charge on any atom is -0.477 e. The minimum atomic E-state index is -1.37. The van der Waals surface area contributed by atoms with Crippen molar-refractivity contribution in [2.45, 2.75) is 44.7 Å². The van der Waals surface area contributed by atoms with Gasteiger partial charge in [0.15, 0.2) is 5.78 Å². The Hall–Kier alpha value is -2.74. The molecule has 1 aliphatic carbocycles. The number of hydrogen-bond acceptors (Lipinski definition) is 5.